The number of amides is 1. The first kappa shape index (κ1) is 16.3. The van der Waals surface area contributed by atoms with Gasteiger partial charge in [0.25, 0.3) is 5.91 Å². The Morgan fingerprint density at radius 3 is 2.48 bits per heavy atom. The molecule has 0 spiro atoms. The smallest absolute Gasteiger partial charge is 0.257 e. The van der Waals surface area contributed by atoms with Crippen molar-refractivity contribution in [1.82, 2.24) is 20.0 Å². The van der Waals surface area contributed by atoms with Gasteiger partial charge in [-0.3, -0.25) is 4.79 Å². The van der Waals surface area contributed by atoms with Crippen LogP contribution in [0.15, 0.2) is 30.5 Å². The van der Waals surface area contributed by atoms with Gasteiger partial charge in [-0.1, -0.05) is 0 Å². The van der Waals surface area contributed by atoms with Crippen LogP contribution in [0.3, 0.4) is 0 Å². The van der Waals surface area contributed by atoms with E-state index in [4.69, 9.17) is 0 Å². The first-order valence-corrected chi connectivity index (χ1v) is 9.08. The Morgan fingerprint density at radius 1 is 1.12 bits per heavy atom. The highest BCUT2D eigenvalue weighted by Crippen LogP contribution is 2.31. The number of nitrogens with one attached hydrogen (secondary N) is 1. The lowest BCUT2D eigenvalue weighted by atomic mass is 9.91. The van der Waals surface area contributed by atoms with E-state index in [1.165, 1.54) is 12.1 Å². The van der Waals surface area contributed by atoms with Gasteiger partial charge < -0.3 is 10.2 Å². The maximum absolute atomic E-state index is 13.3. The minimum Gasteiger partial charge on any atom is -0.339 e. The predicted octanol–water partition coefficient (Wildman–Crippen LogP) is 2.71. The number of aromatic nitrogens is 2. The number of carbonyl (C=O) groups is 1. The first-order valence-electron chi connectivity index (χ1n) is 9.08. The number of likely N-dealkylation sites (tertiary alicyclic amines) is 1. The summed E-state index contributed by atoms with van der Waals surface area (Å²) in [5.41, 5.74) is 2.48. The van der Waals surface area contributed by atoms with E-state index in [-0.39, 0.29) is 17.6 Å². The Bertz CT molecular complexity index is 743. The number of hydrogen-bond donors (Lipinski definition) is 1. The second-order valence-corrected chi connectivity index (χ2v) is 6.86. The van der Waals surface area contributed by atoms with Crippen LogP contribution in [0, 0.1) is 5.82 Å². The van der Waals surface area contributed by atoms with Crippen LogP contribution in [0.2, 0.25) is 0 Å². The fourth-order valence-corrected chi connectivity index (χ4v) is 3.89. The number of rotatable bonds is 3. The van der Waals surface area contributed by atoms with Gasteiger partial charge in [-0.25, -0.2) is 9.07 Å². The molecule has 1 aromatic heterocycles. The Balaban J connectivity index is 1.75. The molecule has 2 aliphatic heterocycles. The Morgan fingerprint density at radius 2 is 1.80 bits per heavy atom. The van der Waals surface area contributed by atoms with E-state index in [9.17, 15) is 9.18 Å². The maximum atomic E-state index is 13.3. The lowest BCUT2D eigenvalue weighted by Gasteiger charge is -2.25. The maximum Gasteiger partial charge on any atom is 0.257 e. The van der Waals surface area contributed by atoms with Crippen LogP contribution in [0.25, 0.3) is 5.69 Å². The molecular formula is C19H23FN4O. The number of halogens is 1. The quantitative estimate of drug-likeness (QED) is 0.933. The molecule has 0 saturated carbocycles. The van der Waals surface area contributed by atoms with Crippen LogP contribution in [-0.4, -0.2) is 46.8 Å². The second kappa shape index (κ2) is 6.96. The largest absolute Gasteiger partial charge is 0.339 e. The van der Waals surface area contributed by atoms with Crippen molar-refractivity contribution in [3.05, 3.63) is 47.5 Å². The molecule has 4 rings (SSSR count). The Hall–Kier alpha value is -2.21. The summed E-state index contributed by atoms with van der Waals surface area (Å²) in [4.78, 5) is 14.9. The van der Waals surface area contributed by atoms with Crippen molar-refractivity contribution in [3.8, 4) is 5.69 Å². The monoisotopic (exact) mass is 342 g/mol. The molecular weight excluding hydrogens is 319 g/mol. The minimum absolute atomic E-state index is 0.0828. The topological polar surface area (TPSA) is 50.2 Å². The van der Waals surface area contributed by atoms with Crippen LogP contribution >= 0.6 is 0 Å². The summed E-state index contributed by atoms with van der Waals surface area (Å²) < 4.78 is 15.1. The van der Waals surface area contributed by atoms with Crippen molar-refractivity contribution in [3.63, 3.8) is 0 Å². The van der Waals surface area contributed by atoms with Crippen LogP contribution in [0.1, 0.15) is 47.7 Å². The number of hydrogen-bond acceptors (Lipinski definition) is 3. The molecule has 0 atom stereocenters. The molecule has 2 fully saturated rings. The Labute approximate surface area is 146 Å². The highest BCUT2D eigenvalue weighted by Gasteiger charge is 2.30. The molecule has 2 saturated heterocycles. The normalized spacial score (nSPS) is 18.7. The van der Waals surface area contributed by atoms with Crippen LogP contribution in [0.5, 0.6) is 0 Å². The van der Waals surface area contributed by atoms with Crippen molar-refractivity contribution in [2.24, 2.45) is 0 Å². The number of carbonyl (C=O) groups excluding carboxylic acids is 1. The average molecular weight is 342 g/mol. The molecule has 1 aromatic carbocycles. The third kappa shape index (κ3) is 3.18. The molecule has 1 amide bonds. The number of benzene rings is 1. The molecule has 3 heterocycles. The lowest BCUT2D eigenvalue weighted by Crippen LogP contribution is -2.31. The van der Waals surface area contributed by atoms with Crippen molar-refractivity contribution >= 4 is 5.91 Å². The van der Waals surface area contributed by atoms with Gasteiger partial charge in [0.1, 0.15) is 5.82 Å². The molecule has 6 heteroatoms. The molecule has 0 radical (unpaired) electrons. The molecule has 0 aliphatic carbocycles. The lowest BCUT2D eigenvalue weighted by molar-refractivity contribution is 0.0791. The van der Waals surface area contributed by atoms with E-state index in [1.807, 2.05) is 9.58 Å². The summed E-state index contributed by atoms with van der Waals surface area (Å²) in [5.74, 6) is 0.0995. The van der Waals surface area contributed by atoms with E-state index in [0.717, 1.165) is 63.2 Å². The van der Waals surface area contributed by atoms with Crippen LogP contribution in [-0.2, 0) is 0 Å². The van der Waals surface area contributed by atoms with Gasteiger partial charge in [0, 0.05) is 19.0 Å². The molecule has 132 valence electrons. The van der Waals surface area contributed by atoms with E-state index in [0.29, 0.717) is 5.56 Å². The van der Waals surface area contributed by atoms with Gasteiger partial charge in [-0.15, -0.1) is 0 Å². The highest BCUT2D eigenvalue weighted by atomic mass is 19.1. The molecule has 2 aromatic rings. The zero-order chi connectivity index (χ0) is 17.2. The fraction of sp³-hybridized carbons (Fsp3) is 0.474. The summed E-state index contributed by atoms with van der Waals surface area (Å²) in [5, 5.41) is 7.88. The van der Waals surface area contributed by atoms with Crippen molar-refractivity contribution in [2.75, 3.05) is 26.2 Å². The average Bonchev–Trinajstić information content (AvgIpc) is 3.32. The highest BCUT2D eigenvalue weighted by molar-refractivity contribution is 5.95. The summed E-state index contributed by atoms with van der Waals surface area (Å²) >= 11 is 0. The van der Waals surface area contributed by atoms with Gasteiger partial charge in [0.05, 0.1) is 23.1 Å². The van der Waals surface area contributed by atoms with E-state index < -0.39 is 0 Å². The minimum atomic E-state index is -0.271. The summed E-state index contributed by atoms with van der Waals surface area (Å²) in [6, 6.07) is 6.31. The van der Waals surface area contributed by atoms with Crippen molar-refractivity contribution in [1.29, 1.82) is 0 Å². The fourth-order valence-electron chi connectivity index (χ4n) is 3.89. The summed E-state index contributed by atoms with van der Waals surface area (Å²) in [6.07, 6.45) is 5.79. The van der Waals surface area contributed by atoms with Crippen LogP contribution < -0.4 is 5.32 Å². The van der Waals surface area contributed by atoms with Gasteiger partial charge >= 0.3 is 0 Å². The molecule has 0 unspecified atom stereocenters. The standard InChI is InChI=1S/C19H23FN4O/c20-15-3-5-16(6-4-15)24-18(14-7-9-21-10-8-14)17(13-22-24)19(25)23-11-1-2-12-23/h3-6,13-14,21H,1-2,7-12H2. The van der Waals surface area contributed by atoms with Crippen molar-refractivity contribution in [2.45, 2.75) is 31.6 Å². The van der Waals surface area contributed by atoms with Gasteiger partial charge in [-0.2, -0.15) is 5.10 Å². The zero-order valence-electron chi connectivity index (χ0n) is 14.2. The molecule has 2 aliphatic rings. The van der Waals surface area contributed by atoms with Crippen molar-refractivity contribution < 1.29 is 9.18 Å². The van der Waals surface area contributed by atoms with Gasteiger partial charge in [0.2, 0.25) is 0 Å². The summed E-state index contributed by atoms with van der Waals surface area (Å²) in [7, 11) is 0. The zero-order valence-corrected chi connectivity index (χ0v) is 14.2. The molecule has 25 heavy (non-hydrogen) atoms. The predicted molar refractivity (Wildman–Crippen MR) is 93.5 cm³/mol. The molecule has 1 N–H and O–H groups in total. The third-order valence-electron chi connectivity index (χ3n) is 5.23. The third-order valence-corrected chi connectivity index (χ3v) is 5.23. The number of piperidine rings is 1. The number of nitrogens with zero attached hydrogens (tertiary/aromatic N) is 3. The van der Waals surface area contributed by atoms with Gasteiger partial charge in [-0.05, 0) is 63.0 Å². The van der Waals surface area contributed by atoms with E-state index >= 15 is 0 Å². The molecule has 5 nitrogen and oxygen atoms in total. The Kier molecular flexibility index (Phi) is 4.53. The SMILES string of the molecule is O=C(c1cnn(-c2ccc(F)cc2)c1C1CCNCC1)N1CCCC1. The first-order chi connectivity index (χ1) is 12.2. The van der Waals surface area contributed by atoms with E-state index in [1.54, 1.807) is 18.3 Å². The van der Waals surface area contributed by atoms with E-state index in [2.05, 4.69) is 10.4 Å². The molecule has 0 bridgehead atoms. The second-order valence-electron chi connectivity index (χ2n) is 6.86. The summed E-state index contributed by atoms with van der Waals surface area (Å²) in [6.45, 7) is 3.53. The van der Waals surface area contributed by atoms with Gasteiger partial charge in [0.15, 0.2) is 0 Å². The van der Waals surface area contributed by atoms with Crippen LogP contribution in [0.4, 0.5) is 4.39 Å².